The molecular weight excluding hydrogens is 256 g/mol. The van der Waals surface area contributed by atoms with Gasteiger partial charge in [-0.3, -0.25) is 9.69 Å². The number of phenols is 1. The minimum Gasteiger partial charge on any atom is -0.507 e. The fourth-order valence-corrected chi connectivity index (χ4v) is 2.33. The molecule has 20 heavy (non-hydrogen) atoms. The Bertz CT molecular complexity index is 476. The van der Waals surface area contributed by atoms with Crippen molar-refractivity contribution in [2.75, 3.05) is 32.8 Å². The smallest absolute Gasteiger partial charge is 0.255 e. The average molecular weight is 278 g/mol. The van der Waals surface area contributed by atoms with Crippen LogP contribution in [0.15, 0.2) is 18.2 Å². The number of aromatic hydroxyl groups is 1. The van der Waals surface area contributed by atoms with E-state index < -0.39 is 0 Å². The number of carbonyl (C=O) groups is 1. The molecular formula is C15H22N2O3. The Morgan fingerprint density at radius 1 is 1.55 bits per heavy atom. The van der Waals surface area contributed by atoms with Crippen LogP contribution in [-0.2, 0) is 4.74 Å². The van der Waals surface area contributed by atoms with Gasteiger partial charge in [-0.25, -0.2) is 0 Å². The van der Waals surface area contributed by atoms with Gasteiger partial charge < -0.3 is 15.2 Å². The standard InChI is InChI=1S/C15H22N2O3/c1-3-17-6-7-20-12(10-17)9-16-15(19)13-5-4-11(2)8-14(13)18/h4-5,8,12,18H,3,6-7,9-10H2,1-2H3,(H,16,19). The van der Waals surface area contributed by atoms with Crippen LogP contribution < -0.4 is 5.32 Å². The number of morpholine rings is 1. The normalized spacial score (nSPS) is 19.8. The van der Waals surface area contributed by atoms with Crippen LogP contribution in [0.3, 0.4) is 0 Å². The van der Waals surface area contributed by atoms with Gasteiger partial charge in [-0.2, -0.15) is 0 Å². The van der Waals surface area contributed by atoms with Gasteiger partial charge in [-0.1, -0.05) is 13.0 Å². The van der Waals surface area contributed by atoms with Crippen molar-refractivity contribution in [3.63, 3.8) is 0 Å². The number of likely N-dealkylation sites (N-methyl/N-ethyl adjacent to an activating group) is 1. The molecule has 2 N–H and O–H groups in total. The number of benzene rings is 1. The zero-order valence-corrected chi connectivity index (χ0v) is 12.1. The molecule has 1 atom stereocenters. The Labute approximate surface area is 119 Å². The number of nitrogens with one attached hydrogen (secondary N) is 1. The van der Waals surface area contributed by atoms with Crippen molar-refractivity contribution in [3.05, 3.63) is 29.3 Å². The van der Waals surface area contributed by atoms with E-state index in [4.69, 9.17) is 4.74 Å². The summed E-state index contributed by atoms with van der Waals surface area (Å²) < 4.78 is 5.63. The first-order valence-corrected chi connectivity index (χ1v) is 7.02. The van der Waals surface area contributed by atoms with E-state index in [1.54, 1.807) is 12.1 Å². The number of hydrogen-bond donors (Lipinski definition) is 2. The highest BCUT2D eigenvalue weighted by molar-refractivity contribution is 5.96. The largest absolute Gasteiger partial charge is 0.507 e. The molecule has 1 saturated heterocycles. The summed E-state index contributed by atoms with van der Waals surface area (Å²) in [5, 5.41) is 12.6. The summed E-state index contributed by atoms with van der Waals surface area (Å²) in [5.74, 6) is -0.248. The fraction of sp³-hybridized carbons (Fsp3) is 0.533. The lowest BCUT2D eigenvalue weighted by Crippen LogP contribution is -2.47. The highest BCUT2D eigenvalue weighted by Crippen LogP contribution is 2.18. The molecule has 0 spiro atoms. The van der Waals surface area contributed by atoms with E-state index in [1.165, 1.54) is 0 Å². The molecule has 0 saturated carbocycles. The molecule has 1 heterocycles. The number of rotatable bonds is 4. The molecule has 1 aliphatic rings. The number of ether oxygens (including phenoxy) is 1. The fourth-order valence-electron chi connectivity index (χ4n) is 2.33. The zero-order chi connectivity index (χ0) is 14.5. The summed E-state index contributed by atoms with van der Waals surface area (Å²) in [7, 11) is 0. The van der Waals surface area contributed by atoms with E-state index in [0.717, 1.165) is 25.2 Å². The summed E-state index contributed by atoms with van der Waals surface area (Å²) in [6.45, 7) is 7.91. The van der Waals surface area contributed by atoms with E-state index in [2.05, 4.69) is 17.1 Å². The molecule has 2 rings (SSSR count). The van der Waals surface area contributed by atoms with E-state index in [0.29, 0.717) is 18.7 Å². The van der Waals surface area contributed by atoms with Crippen LogP contribution in [0.25, 0.3) is 0 Å². The molecule has 1 fully saturated rings. The number of nitrogens with zero attached hydrogens (tertiary/aromatic N) is 1. The predicted octanol–water partition coefficient (Wildman–Crippen LogP) is 1.15. The molecule has 1 unspecified atom stereocenters. The zero-order valence-electron chi connectivity index (χ0n) is 12.1. The maximum absolute atomic E-state index is 12.0. The van der Waals surface area contributed by atoms with Crippen molar-refractivity contribution in [1.82, 2.24) is 10.2 Å². The number of hydrogen-bond acceptors (Lipinski definition) is 4. The third kappa shape index (κ3) is 3.71. The summed E-state index contributed by atoms with van der Waals surface area (Å²) in [6.07, 6.45) is 0.0141. The van der Waals surface area contributed by atoms with Gasteiger partial charge in [0.1, 0.15) is 5.75 Å². The monoisotopic (exact) mass is 278 g/mol. The molecule has 5 heteroatoms. The number of amides is 1. The second-order valence-electron chi connectivity index (χ2n) is 5.12. The summed E-state index contributed by atoms with van der Waals surface area (Å²) in [5.41, 5.74) is 1.23. The first-order chi connectivity index (χ1) is 9.60. The molecule has 110 valence electrons. The molecule has 1 aromatic rings. The van der Waals surface area contributed by atoms with Gasteiger partial charge in [-0.05, 0) is 31.2 Å². The van der Waals surface area contributed by atoms with Gasteiger partial charge in [0.05, 0.1) is 18.3 Å². The SMILES string of the molecule is CCN1CCOC(CNC(=O)c2ccc(C)cc2O)C1. The van der Waals surface area contributed by atoms with E-state index >= 15 is 0 Å². The Hall–Kier alpha value is -1.59. The van der Waals surface area contributed by atoms with Crippen LogP contribution in [0, 0.1) is 6.92 Å². The van der Waals surface area contributed by atoms with Crippen molar-refractivity contribution >= 4 is 5.91 Å². The molecule has 0 bridgehead atoms. The van der Waals surface area contributed by atoms with Gasteiger partial charge >= 0.3 is 0 Å². The van der Waals surface area contributed by atoms with Gasteiger partial charge in [-0.15, -0.1) is 0 Å². The lowest BCUT2D eigenvalue weighted by atomic mass is 10.1. The Kier molecular flexibility index (Phi) is 4.98. The van der Waals surface area contributed by atoms with Crippen molar-refractivity contribution in [3.8, 4) is 5.75 Å². The average Bonchev–Trinajstić information content (AvgIpc) is 2.45. The van der Waals surface area contributed by atoms with Gasteiger partial charge in [0, 0.05) is 19.6 Å². The van der Waals surface area contributed by atoms with Gasteiger partial charge in [0.15, 0.2) is 0 Å². The van der Waals surface area contributed by atoms with Crippen molar-refractivity contribution in [1.29, 1.82) is 0 Å². The number of carbonyl (C=O) groups excluding carboxylic acids is 1. The van der Waals surface area contributed by atoms with Crippen molar-refractivity contribution in [2.45, 2.75) is 20.0 Å². The molecule has 5 nitrogen and oxygen atoms in total. The lowest BCUT2D eigenvalue weighted by molar-refractivity contribution is -0.0246. The van der Waals surface area contributed by atoms with Crippen LogP contribution >= 0.6 is 0 Å². The molecule has 0 aliphatic carbocycles. The third-order valence-corrected chi connectivity index (χ3v) is 3.56. The summed E-state index contributed by atoms with van der Waals surface area (Å²) in [6, 6.07) is 5.04. The highest BCUT2D eigenvalue weighted by Gasteiger charge is 2.20. The lowest BCUT2D eigenvalue weighted by Gasteiger charge is -2.32. The van der Waals surface area contributed by atoms with Crippen LogP contribution in [-0.4, -0.2) is 54.8 Å². The molecule has 0 radical (unpaired) electrons. The van der Waals surface area contributed by atoms with Crippen molar-refractivity contribution < 1.29 is 14.6 Å². The number of phenolic OH excluding ortho intramolecular Hbond substituents is 1. The molecule has 1 aromatic carbocycles. The maximum atomic E-state index is 12.0. The van der Waals surface area contributed by atoms with E-state index in [-0.39, 0.29) is 17.8 Å². The second-order valence-corrected chi connectivity index (χ2v) is 5.12. The minimum atomic E-state index is -0.264. The minimum absolute atomic E-state index is 0.0141. The molecule has 1 aliphatic heterocycles. The highest BCUT2D eigenvalue weighted by atomic mass is 16.5. The number of aryl methyl sites for hydroxylation is 1. The Balaban J connectivity index is 1.88. The third-order valence-electron chi connectivity index (χ3n) is 3.56. The Morgan fingerprint density at radius 3 is 3.05 bits per heavy atom. The van der Waals surface area contributed by atoms with Crippen LogP contribution in [0.2, 0.25) is 0 Å². The molecule has 0 aromatic heterocycles. The van der Waals surface area contributed by atoms with Gasteiger partial charge in [0.2, 0.25) is 0 Å². The van der Waals surface area contributed by atoms with E-state index in [9.17, 15) is 9.90 Å². The van der Waals surface area contributed by atoms with E-state index in [1.807, 2.05) is 13.0 Å². The first kappa shape index (κ1) is 14.8. The maximum Gasteiger partial charge on any atom is 0.255 e. The topological polar surface area (TPSA) is 61.8 Å². The predicted molar refractivity (Wildman–Crippen MR) is 77.0 cm³/mol. The van der Waals surface area contributed by atoms with Crippen LogP contribution in [0.4, 0.5) is 0 Å². The summed E-state index contributed by atoms with van der Waals surface area (Å²) >= 11 is 0. The first-order valence-electron chi connectivity index (χ1n) is 7.02. The second kappa shape index (κ2) is 6.72. The molecule has 1 amide bonds. The van der Waals surface area contributed by atoms with Crippen LogP contribution in [0.5, 0.6) is 5.75 Å². The summed E-state index contributed by atoms with van der Waals surface area (Å²) in [4.78, 5) is 14.3. The Morgan fingerprint density at radius 2 is 2.35 bits per heavy atom. The van der Waals surface area contributed by atoms with Crippen LogP contribution in [0.1, 0.15) is 22.8 Å². The quantitative estimate of drug-likeness (QED) is 0.867. The van der Waals surface area contributed by atoms with Crippen molar-refractivity contribution in [2.24, 2.45) is 0 Å². The van der Waals surface area contributed by atoms with Gasteiger partial charge in [0.25, 0.3) is 5.91 Å².